The standard InChI is InChI=1S/C13H17N6/c1-17-8-11(10-6-4-5-7-12(10)17)15-16-13-18(2)9-14-19(13)3/h4-7,9,11H,8H2,1-3H3/q+1. The molecule has 0 saturated carbocycles. The van der Waals surface area contributed by atoms with E-state index in [1.807, 2.05) is 24.7 Å². The normalized spacial score (nSPS) is 18.3. The van der Waals surface area contributed by atoms with Gasteiger partial charge >= 0.3 is 5.95 Å². The van der Waals surface area contributed by atoms with Crippen LogP contribution in [0.25, 0.3) is 0 Å². The minimum absolute atomic E-state index is 0.0936. The molecule has 1 aliphatic heterocycles. The maximum atomic E-state index is 4.48. The highest BCUT2D eigenvalue weighted by atomic mass is 15.4. The number of hydrogen-bond donors (Lipinski definition) is 0. The summed E-state index contributed by atoms with van der Waals surface area (Å²) < 4.78 is 3.57. The van der Waals surface area contributed by atoms with Crippen molar-refractivity contribution in [3.63, 3.8) is 0 Å². The molecular weight excluding hydrogens is 240 g/mol. The molecule has 6 heteroatoms. The Morgan fingerprint density at radius 1 is 1.32 bits per heavy atom. The fourth-order valence-corrected chi connectivity index (χ4v) is 2.41. The Balaban J connectivity index is 1.90. The number of fused-ring (bicyclic) bond motifs is 1. The summed E-state index contributed by atoms with van der Waals surface area (Å²) >= 11 is 0. The number of likely N-dealkylation sites (N-methyl/N-ethyl adjacent to an activating group) is 1. The van der Waals surface area contributed by atoms with E-state index in [4.69, 9.17) is 0 Å². The van der Waals surface area contributed by atoms with Crippen molar-refractivity contribution in [2.24, 2.45) is 24.3 Å². The smallest absolute Gasteiger partial charge is 0.372 e. The lowest BCUT2D eigenvalue weighted by Crippen LogP contribution is -2.25. The number of aromatic nitrogens is 3. The number of para-hydroxylation sites is 1. The lowest BCUT2D eigenvalue weighted by atomic mass is 10.1. The molecule has 0 radical (unpaired) electrons. The predicted octanol–water partition coefficient (Wildman–Crippen LogP) is 1.52. The van der Waals surface area contributed by atoms with E-state index in [9.17, 15) is 0 Å². The highest BCUT2D eigenvalue weighted by Crippen LogP contribution is 2.36. The summed E-state index contributed by atoms with van der Waals surface area (Å²) in [4.78, 5) is 2.21. The summed E-state index contributed by atoms with van der Waals surface area (Å²) in [5.41, 5.74) is 2.47. The maximum Gasteiger partial charge on any atom is 0.402 e. The van der Waals surface area contributed by atoms with Crippen LogP contribution in [0.1, 0.15) is 11.6 Å². The Morgan fingerprint density at radius 2 is 2.11 bits per heavy atom. The van der Waals surface area contributed by atoms with Crippen LogP contribution in [0.5, 0.6) is 0 Å². The number of anilines is 1. The van der Waals surface area contributed by atoms with Gasteiger partial charge in [0.05, 0.1) is 14.1 Å². The Bertz CT molecular complexity index is 610. The summed E-state index contributed by atoms with van der Waals surface area (Å²) in [6.07, 6.45) is 1.73. The minimum Gasteiger partial charge on any atom is -0.372 e. The summed E-state index contributed by atoms with van der Waals surface area (Å²) in [5, 5.41) is 13.0. The van der Waals surface area contributed by atoms with Crippen molar-refractivity contribution in [2.75, 3.05) is 18.5 Å². The molecule has 98 valence electrons. The van der Waals surface area contributed by atoms with Crippen molar-refractivity contribution in [3.8, 4) is 0 Å². The van der Waals surface area contributed by atoms with E-state index in [1.165, 1.54) is 11.3 Å². The quantitative estimate of drug-likeness (QED) is 0.605. The van der Waals surface area contributed by atoms with Crippen molar-refractivity contribution in [2.45, 2.75) is 6.04 Å². The molecule has 2 heterocycles. The summed E-state index contributed by atoms with van der Waals surface area (Å²) in [5.74, 6) is 0.743. The summed E-state index contributed by atoms with van der Waals surface area (Å²) in [6.45, 7) is 0.865. The Kier molecular flexibility index (Phi) is 2.77. The molecule has 0 spiro atoms. The lowest BCUT2D eigenvalue weighted by molar-refractivity contribution is -0.659. The molecule has 19 heavy (non-hydrogen) atoms. The van der Waals surface area contributed by atoms with E-state index in [1.54, 1.807) is 11.0 Å². The number of aryl methyl sites for hydroxylation is 2. The Morgan fingerprint density at radius 3 is 2.84 bits per heavy atom. The van der Waals surface area contributed by atoms with Gasteiger partial charge in [-0.25, -0.2) is 4.57 Å². The van der Waals surface area contributed by atoms with Crippen LogP contribution < -0.4 is 9.47 Å². The number of azo groups is 1. The number of benzene rings is 1. The van der Waals surface area contributed by atoms with Gasteiger partial charge in [-0.15, -0.1) is 9.80 Å². The third-order valence-corrected chi connectivity index (χ3v) is 3.44. The second kappa shape index (κ2) is 4.46. The van der Waals surface area contributed by atoms with Gasteiger partial charge in [-0.05, 0) is 11.2 Å². The van der Waals surface area contributed by atoms with Gasteiger partial charge in [0.25, 0.3) is 0 Å². The third kappa shape index (κ3) is 1.99. The molecule has 0 saturated heterocycles. The van der Waals surface area contributed by atoms with Crippen LogP contribution in [0.3, 0.4) is 0 Å². The first-order chi connectivity index (χ1) is 9.16. The molecule has 6 nitrogen and oxygen atoms in total. The second-order valence-corrected chi connectivity index (χ2v) is 4.84. The third-order valence-electron chi connectivity index (χ3n) is 3.44. The average molecular weight is 257 g/mol. The van der Waals surface area contributed by atoms with Crippen LogP contribution in [0.15, 0.2) is 40.8 Å². The molecule has 0 amide bonds. The predicted molar refractivity (Wildman–Crippen MR) is 71.4 cm³/mol. The van der Waals surface area contributed by atoms with Crippen molar-refractivity contribution in [3.05, 3.63) is 36.2 Å². The van der Waals surface area contributed by atoms with E-state index in [0.29, 0.717) is 0 Å². The second-order valence-electron chi connectivity index (χ2n) is 4.84. The topological polar surface area (TPSA) is 49.7 Å². The SMILES string of the molecule is CN1CC(N=Nc2n(C)nc[n+]2C)c2ccccc21. The molecule has 3 rings (SSSR count). The maximum absolute atomic E-state index is 4.48. The highest BCUT2D eigenvalue weighted by molar-refractivity contribution is 5.59. The molecule has 0 bridgehead atoms. The van der Waals surface area contributed by atoms with Gasteiger partial charge in [-0.2, -0.15) is 0 Å². The van der Waals surface area contributed by atoms with Crippen LogP contribution in [-0.2, 0) is 14.1 Å². The van der Waals surface area contributed by atoms with Gasteiger partial charge < -0.3 is 4.90 Å². The van der Waals surface area contributed by atoms with E-state index in [0.717, 1.165) is 12.5 Å². The fraction of sp³-hybridized carbons (Fsp3) is 0.385. The fourth-order valence-electron chi connectivity index (χ4n) is 2.41. The first-order valence-corrected chi connectivity index (χ1v) is 6.25. The van der Waals surface area contributed by atoms with Crippen LogP contribution in [0.2, 0.25) is 0 Å². The molecule has 1 atom stereocenters. The molecule has 1 unspecified atom stereocenters. The van der Waals surface area contributed by atoms with Gasteiger partial charge in [-0.3, -0.25) is 0 Å². The summed E-state index contributed by atoms with van der Waals surface area (Å²) in [7, 11) is 5.86. The molecule has 2 aromatic rings. The van der Waals surface area contributed by atoms with Crippen LogP contribution >= 0.6 is 0 Å². The van der Waals surface area contributed by atoms with Crippen LogP contribution in [0, 0.1) is 0 Å². The highest BCUT2D eigenvalue weighted by Gasteiger charge is 2.27. The van der Waals surface area contributed by atoms with Crippen molar-refractivity contribution < 1.29 is 4.57 Å². The van der Waals surface area contributed by atoms with E-state index >= 15 is 0 Å². The monoisotopic (exact) mass is 257 g/mol. The van der Waals surface area contributed by atoms with Gasteiger partial charge in [-0.1, -0.05) is 18.2 Å². The molecule has 0 aliphatic carbocycles. The molecular formula is C13H17N6+. The van der Waals surface area contributed by atoms with E-state index in [-0.39, 0.29) is 6.04 Å². The average Bonchev–Trinajstić information content (AvgIpc) is 2.90. The minimum atomic E-state index is 0.0936. The molecule has 0 fully saturated rings. The first-order valence-electron chi connectivity index (χ1n) is 6.25. The number of nitrogens with zero attached hydrogens (tertiary/aromatic N) is 6. The van der Waals surface area contributed by atoms with Gasteiger partial charge in [0, 0.05) is 30.0 Å². The first kappa shape index (κ1) is 11.8. The van der Waals surface area contributed by atoms with E-state index < -0.39 is 0 Å². The molecule has 0 N–H and O–H groups in total. The summed E-state index contributed by atoms with van der Waals surface area (Å²) in [6, 6.07) is 8.43. The lowest BCUT2D eigenvalue weighted by Gasteiger charge is -2.10. The largest absolute Gasteiger partial charge is 0.402 e. The van der Waals surface area contributed by atoms with Crippen molar-refractivity contribution in [1.29, 1.82) is 0 Å². The van der Waals surface area contributed by atoms with Crippen LogP contribution in [0.4, 0.5) is 11.6 Å². The zero-order valence-electron chi connectivity index (χ0n) is 11.4. The Labute approximate surface area is 112 Å². The zero-order chi connectivity index (χ0) is 13.4. The number of rotatable bonds is 2. The molecule has 1 aliphatic rings. The molecule has 1 aromatic carbocycles. The van der Waals surface area contributed by atoms with Crippen LogP contribution in [-0.4, -0.2) is 23.4 Å². The zero-order valence-corrected chi connectivity index (χ0v) is 11.4. The number of hydrogen-bond acceptors (Lipinski definition) is 4. The van der Waals surface area contributed by atoms with Gasteiger partial charge in [0.2, 0.25) is 6.33 Å². The Hall–Kier alpha value is -2.24. The van der Waals surface area contributed by atoms with Crippen molar-refractivity contribution >= 4 is 11.6 Å². The van der Waals surface area contributed by atoms with Crippen molar-refractivity contribution in [1.82, 2.24) is 9.78 Å². The van der Waals surface area contributed by atoms with E-state index in [2.05, 4.69) is 45.5 Å². The molecule has 1 aromatic heterocycles. The van der Waals surface area contributed by atoms with Gasteiger partial charge in [0.1, 0.15) is 6.04 Å². The van der Waals surface area contributed by atoms with Gasteiger partial charge in [0.15, 0.2) is 0 Å².